The molecule has 1 rings (SSSR count). The third-order valence-electron chi connectivity index (χ3n) is 4.26. The largest absolute Gasteiger partial charge is 0.311 e. The summed E-state index contributed by atoms with van der Waals surface area (Å²) in [4.78, 5) is 2.66. The quantitative estimate of drug-likeness (QED) is 0.807. The van der Waals surface area contributed by atoms with Gasteiger partial charge >= 0.3 is 0 Å². The van der Waals surface area contributed by atoms with Gasteiger partial charge in [0.25, 0.3) is 0 Å². The van der Waals surface area contributed by atoms with E-state index in [1.54, 1.807) is 0 Å². The van der Waals surface area contributed by atoms with Gasteiger partial charge in [-0.05, 0) is 51.0 Å². The minimum Gasteiger partial charge on any atom is -0.311 e. The Balaban J connectivity index is 2.50. The lowest BCUT2D eigenvalue weighted by Gasteiger charge is -2.36. The van der Waals surface area contributed by atoms with Gasteiger partial charge in [-0.3, -0.25) is 0 Å². The van der Waals surface area contributed by atoms with Gasteiger partial charge in [0.2, 0.25) is 0 Å². The molecule has 1 unspecified atom stereocenters. The van der Waals surface area contributed by atoms with Crippen LogP contribution >= 0.6 is 0 Å². The van der Waals surface area contributed by atoms with E-state index < -0.39 is 0 Å². The van der Waals surface area contributed by atoms with Gasteiger partial charge in [-0.2, -0.15) is 0 Å². The van der Waals surface area contributed by atoms with Crippen molar-refractivity contribution in [2.24, 2.45) is 10.8 Å². The van der Waals surface area contributed by atoms with E-state index in [0.717, 1.165) is 6.54 Å². The van der Waals surface area contributed by atoms with Crippen LogP contribution in [0.3, 0.4) is 0 Å². The highest BCUT2D eigenvalue weighted by atomic mass is 15.2. The molecule has 0 aliphatic carbocycles. The lowest BCUT2D eigenvalue weighted by atomic mass is 9.85. The average molecular weight is 254 g/mol. The molecule has 0 aromatic rings. The molecule has 18 heavy (non-hydrogen) atoms. The molecule has 0 bridgehead atoms. The first-order valence-electron chi connectivity index (χ1n) is 7.53. The zero-order valence-corrected chi connectivity index (χ0v) is 13.7. The van der Waals surface area contributed by atoms with Crippen LogP contribution in [-0.2, 0) is 0 Å². The second-order valence-electron chi connectivity index (χ2n) is 8.39. The predicted molar refractivity (Wildman–Crippen MR) is 81.0 cm³/mol. The van der Waals surface area contributed by atoms with Crippen molar-refractivity contribution in [3.8, 4) is 0 Å². The highest BCUT2D eigenvalue weighted by molar-refractivity contribution is 4.88. The Morgan fingerprint density at radius 2 is 1.78 bits per heavy atom. The number of hydrogen-bond acceptors (Lipinski definition) is 2. The third kappa shape index (κ3) is 5.27. The molecule has 0 spiro atoms. The molecule has 0 radical (unpaired) electrons. The van der Waals surface area contributed by atoms with Gasteiger partial charge in [-0.25, -0.2) is 0 Å². The average Bonchev–Trinajstić information content (AvgIpc) is 2.54. The van der Waals surface area contributed by atoms with Gasteiger partial charge in [-0.1, -0.05) is 27.7 Å². The van der Waals surface area contributed by atoms with E-state index in [1.165, 1.54) is 32.5 Å². The minimum atomic E-state index is 0.223. The second kappa shape index (κ2) is 5.50. The van der Waals surface area contributed by atoms with E-state index in [1.807, 2.05) is 0 Å². The van der Waals surface area contributed by atoms with Crippen molar-refractivity contribution in [1.82, 2.24) is 10.2 Å². The molecule has 0 aromatic carbocycles. The molecule has 1 heterocycles. The first-order valence-corrected chi connectivity index (χ1v) is 7.53. The SMILES string of the molecule is CCC(C)(CNC(C)(C)C)CN1CCC(C)(C)C1. The summed E-state index contributed by atoms with van der Waals surface area (Å²) in [6.07, 6.45) is 2.59. The number of nitrogens with zero attached hydrogens (tertiary/aromatic N) is 1. The van der Waals surface area contributed by atoms with Gasteiger partial charge in [0.1, 0.15) is 0 Å². The predicted octanol–water partition coefficient (Wildman–Crippen LogP) is 3.52. The van der Waals surface area contributed by atoms with Crippen LogP contribution in [0.2, 0.25) is 0 Å². The van der Waals surface area contributed by atoms with Crippen LogP contribution in [0, 0.1) is 10.8 Å². The Kier molecular flexibility index (Phi) is 4.88. The summed E-state index contributed by atoms with van der Waals surface area (Å²) in [5.74, 6) is 0. The summed E-state index contributed by atoms with van der Waals surface area (Å²) < 4.78 is 0. The maximum Gasteiger partial charge on any atom is 0.00967 e. The molecule has 1 atom stereocenters. The smallest absolute Gasteiger partial charge is 0.00967 e. The molecule has 2 heteroatoms. The summed E-state index contributed by atoms with van der Waals surface area (Å²) in [7, 11) is 0. The highest BCUT2D eigenvalue weighted by Gasteiger charge is 2.34. The highest BCUT2D eigenvalue weighted by Crippen LogP contribution is 2.32. The van der Waals surface area contributed by atoms with E-state index in [4.69, 9.17) is 0 Å². The zero-order valence-electron chi connectivity index (χ0n) is 13.7. The van der Waals surface area contributed by atoms with Crippen molar-refractivity contribution in [3.63, 3.8) is 0 Å². The number of hydrogen-bond donors (Lipinski definition) is 1. The minimum absolute atomic E-state index is 0.223. The Bertz CT molecular complexity index is 265. The molecule has 1 N–H and O–H groups in total. The summed E-state index contributed by atoms with van der Waals surface area (Å²) in [5.41, 5.74) is 1.14. The lowest BCUT2D eigenvalue weighted by Crippen LogP contribution is -2.47. The first kappa shape index (κ1) is 16.0. The van der Waals surface area contributed by atoms with E-state index in [0.29, 0.717) is 10.8 Å². The fraction of sp³-hybridized carbons (Fsp3) is 1.00. The molecule has 1 fully saturated rings. The lowest BCUT2D eigenvalue weighted by molar-refractivity contribution is 0.158. The summed E-state index contributed by atoms with van der Waals surface area (Å²) in [5, 5.41) is 3.68. The van der Waals surface area contributed by atoms with E-state index in [-0.39, 0.29) is 5.54 Å². The van der Waals surface area contributed by atoms with Gasteiger partial charge in [-0.15, -0.1) is 0 Å². The maximum atomic E-state index is 3.68. The topological polar surface area (TPSA) is 15.3 Å². The normalized spacial score (nSPS) is 24.2. The van der Waals surface area contributed by atoms with E-state index in [9.17, 15) is 0 Å². The molecule has 108 valence electrons. The van der Waals surface area contributed by atoms with Crippen LogP contribution in [0.25, 0.3) is 0 Å². The Hall–Kier alpha value is -0.0800. The second-order valence-corrected chi connectivity index (χ2v) is 8.39. The van der Waals surface area contributed by atoms with Crippen LogP contribution in [-0.4, -0.2) is 36.6 Å². The Morgan fingerprint density at radius 3 is 2.17 bits per heavy atom. The van der Waals surface area contributed by atoms with E-state index >= 15 is 0 Å². The maximum absolute atomic E-state index is 3.68. The zero-order chi connectivity index (χ0) is 14.0. The van der Waals surface area contributed by atoms with E-state index in [2.05, 4.69) is 58.7 Å². The van der Waals surface area contributed by atoms with Crippen LogP contribution in [0.5, 0.6) is 0 Å². The Labute approximate surface area is 115 Å². The molecule has 1 saturated heterocycles. The van der Waals surface area contributed by atoms with Crippen molar-refractivity contribution >= 4 is 0 Å². The molecule has 0 saturated carbocycles. The Morgan fingerprint density at radius 1 is 1.17 bits per heavy atom. The number of rotatable bonds is 5. The molecule has 0 aromatic heterocycles. The van der Waals surface area contributed by atoms with Gasteiger partial charge in [0, 0.05) is 25.2 Å². The molecule has 1 aliphatic heterocycles. The fourth-order valence-corrected chi connectivity index (χ4v) is 2.67. The third-order valence-corrected chi connectivity index (χ3v) is 4.26. The van der Waals surface area contributed by atoms with Gasteiger partial charge in [0.05, 0.1) is 0 Å². The van der Waals surface area contributed by atoms with Crippen LogP contribution in [0.15, 0.2) is 0 Å². The molecular formula is C16H34N2. The molecule has 2 nitrogen and oxygen atoms in total. The molecule has 1 aliphatic rings. The summed E-state index contributed by atoms with van der Waals surface area (Å²) >= 11 is 0. The molecular weight excluding hydrogens is 220 g/mol. The van der Waals surface area contributed by atoms with Crippen LogP contribution in [0.1, 0.15) is 61.3 Å². The summed E-state index contributed by atoms with van der Waals surface area (Å²) in [6, 6.07) is 0. The number of nitrogens with one attached hydrogen (secondary N) is 1. The van der Waals surface area contributed by atoms with Crippen molar-refractivity contribution in [1.29, 1.82) is 0 Å². The van der Waals surface area contributed by atoms with Crippen LogP contribution in [0.4, 0.5) is 0 Å². The van der Waals surface area contributed by atoms with Crippen molar-refractivity contribution in [2.75, 3.05) is 26.2 Å². The summed E-state index contributed by atoms with van der Waals surface area (Å²) in [6.45, 7) is 21.2. The standard InChI is InChI=1S/C16H34N2/c1-8-16(7,11-17-14(2,3)4)13-18-10-9-15(5,6)12-18/h17H,8-13H2,1-7H3. The molecule has 0 amide bonds. The number of likely N-dealkylation sites (tertiary alicyclic amines) is 1. The van der Waals surface area contributed by atoms with Crippen molar-refractivity contribution in [2.45, 2.75) is 66.8 Å². The van der Waals surface area contributed by atoms with Crippen molar-refractivity contribution < 1.29 is 0 Å². The first-order chi connectivity index (χ1) is 8.05. The van der Waals surface area contributed by atoms with Crippen molar-refractivity contribution in [3.05, 3.63) is 0 Å². The van der Waals surface area contributed by atoms with Gasteiger partial charge in [0.15, 0.2) is 0 Å². The monoisotopic (exact) mass is 254 g/mol. The fourth-order valence-electron chi connectivity index (χ4n) is 2.67. The van der Waals surface area contributed by atoms with Crippen LogP contribution < -0.4 is 5.32 Å². The van der Waals surface area contributed by atoms with Gasteiger partial charge < -0.3 is 10.2 Å².